The number of anilines is 2. The fourth-order valence-corrected chi connectivity index (χ4v) is 4.93. The van der Waals surface area contributed by atoms with Crippen molar-refractivity contribution in [2.75, 3.05) is 30.8 Å². The average Bonchev–Trinajstić information content (AvgIpc) is 2.76. The van der Waals surface area contributed by atoms with Gasteiger partial charge in [0, 0.05) is 37.6 Å². The third-order valence-corrected chi connectivity index (χ3v) is 6.94. The number of ether oxygens (including phenoxy) is 1. The van der Waals surface area contributed by atoms with Gasteiger partial charge in [-0.2, -0.15) is 0 Å². The highest BCUT2D eigenvalue weighted by Crippen LogP contribution is 2.42. The highest BCUT2D eigenvalue weighted by Gasteiger charge is 2.25. The van der Waals surface area contributed by atoms with Gasteiger partial charge in [0.15, 0.2) is 0 Å². The van der Waals surface area contributed by atoms with Crippen LogP contribution in [-0.2, 0) is 4.74 Å². The van der Waals surface area contributed by atoms with E-state index in [-0.39, 0.29) is 6.04 Å². The SMILES string of the molecule is Nc1cc(-c2nc(NCC3CCOCC3)cc(C3CCC(N)CC3)c2Cl)c(Cl)cn1. The molecular formula is C22H29Cl2N5O. The van der Waals surface area contributed by atoms with Crippen LogP contribution in [0.4, 0.5) is 11.6 Å². The molecule has 1 aliphatic heterocycles. The third-order valence-electron chi connectivity index (χ3n) is 6.24. The van der Waals surface area contributed by atoms with Crippen molar-refractivity contribution in [3.63, 3.8) is 0 Å². The molecule has 0 bridgehead atoms. The summed E-state index contributed by atoms with van der Waals surface area (Å²) in [5, 5.41) is 4.66. The Balaban J connectivity index is 1.68. The van der Waals surface area contributed by atoms with Crippen LogP contribution >= 0.6 is 23.2 Å². The molecule has 4 rings (SSSR count). The lowest BCUT2D eigenvalue weighted by Gasteiger charge is -2.28. The number of nitrogen functional groups attached to an aromatic ring is 1. The second-order valence-corrected chi connectivity index (χ2v) is 9.18. The van der Waals surface area contributed by atoms with Crippen molar-refractivity contribution < 1.29 is 4.74 Å². The maximum Gasteiger partial charge on any atom is 0.127 e. The van der Waals surface area contributed by atoms with Gasteiger partial charge in [-0.1, -0.05) is 23.2 Å². The van der Waals surface area contributed by atoms with Crippen molar-refractivity contribution in [1.82, 2.24) is 9.97 Å². The summed E-state index contributed by atoms with van der Waals surface area (Å²) in [6.45, 7) is 2.51. The highest BCUT2D eigenvalue weighted by molar-refractivity contribution is 6.36. The number of pyridine rings is 2. The minimum absolute atomic E-state index is 0.280. The number of rotatable bonds is 5. The molecule has 2 aromatic rings. The number of halogens is 2. The summed E-state index contributed by atoms with van der Waals surface area (Å²) in [4.78, 5) is 8.90. The first-order chi connectivity index (χ1) is 14.5. The van der Waals surface area contributed by atoms with Crippen LogP contribution < -0.4 is 16.8 Å². The quantitative estimate of drug-likeness (QED) is 0.602. The van der Waals surface area contributed by atoms with Gasteiger partial charge < -0.3 is 21.5 Å². The molecule has 0 spiro atoms. The Morgan fingerprint density at radius 2 is 1.80 bits per heavy atom. The predicted octanol–water partition coefficient (Wildman–Crippen LogP) is 4.86. The van der Waals surface area contributed by atoms with Gasteiger partial charge in [0.2, 0.25) is 0 Å². The van der Waals surface area contributed by atoms with Gasteiger partial charge in [0.05, 0.1) is 15.7 Å². The van der Waals surface area contributed by atoms with Gasteiger partial charge in [0.1, 0.15) is 11.6 Å². The summed E-state index contributed by atoms with van der Waals surface area (Å²) >= 11 is 13.3. The Bertz CT molecular complexity index is 880. The topological polar surface area (TPSA) is 99.1 Å². The number of aromatic nitrogens is 2. The van der Waals surface area contributed by atoms with Crippen LogP contribution in [-0.4, -0.2) is 35.8 Å². The van der Waals surface area contributed by atoms with E-state index in [9.17, 15) is 0 Å². The van der Waals surface area contributed by atoms with E-state index in [0.717, 1.165) is 69.7 Å². The van der Waals surface area contributed by atoms with E-state index in [1.54, 1.807) is 12.3 Å². The predicted molar refractivity (Wildman–Crippen MR) is 123 cm³/mol. The summed E-state index contributed by atoms with van der Waals surface area (Å²) in [6, 6.07) is 4.12. The Morgan fingerprint density at radius 3 is 2.53 bits per heavy atom. The van der Waals surface area contributed by atoms with Crippen molar-refractivity contribution in [2.24, 2.45) is 11.7 Å². The summed E-state index contributed by atoms with van der Waals surface area (Å²) in [6.07, 6.45) is 7.73. The molecule has 1 aliphatic carbocycles. The first-order valence-electron chi connectivity index (χ1n) is 10.7. The van der Waals surface area contributed by atoms with Crippen LogP contribution in [0.25, 0.3) is 11.3 Å². The van der Waals surface area contributed by atoms with E-state index in [1.807, 2.05) is 0 Å². The van der Waals surface area contributed by atoms with Crippen molar-refractivity contribution in [3.8, 4) is 11.3 Å². The van der Waals surface area contributed by atoms with E-state index in [0.29, 0.717) is 39.0 Å². The van der Waals surface area contributed by atoms with E-state index < -0.39 is 0 Å². The molecule has 0 aromatic carbocycles. The molecule has 0 atom stereocenters. The van der Waals surface area contributed by atoms with Crippen molar-refractivity contribution in [1.29, 1.82) is 0 Å². The summed E-state index contributed by atoms with van der Waals surface area (Å²) in [5.74, 6) is 2.15. The van der Waals surface area contributed by atoms with Crippen LogP contribution in [0.2, 0.25) is 10.0 Å². The van der Waals surface area contributed by atoms with E-state index in [4.69, 9.17) is 44.4 Å². The van der Waals surface area contributed by atoms with Crippen LogP contribution in [0.5, 0.6) is 0 Å². The molecule has 0 unspecified atom stereocenters. The molecule has 2 aliphatic rings. The van der Waals surface area contributed by atoms with Crippen molar-refractivity contribution in [2.45, 2.75) is 50.5 Å². The molecule has 0 amide bonds. The molecule has 2 fully saturated rings. The molecule has 6 nitrogen and oxygen atoms in total. The number of nitrogens with two attached hydrogens (primary N) is 2. The number of hydrogen-bond donors (Lipinski definition) is 3. The standard InChI is InChI=1S/C22H29Cl2N5O/c23-18-12-27-19(26)9-17(18)22-21(24)16(14-1-3-15(25)4-2-14)10-20(29-22)28-11-13-5-7-30-8-6-13/h9-10,12-15H,1-8,11,25H2,(H2,26,27)(H,28,29). The lowest BCUT2D eigenvalue weighted by Crippen LogP contribution is -2.26. The monoisotopic (exact) mass is 449 g/mol. The lowest BCUT2D eigenvalue weighted by molar-refractivity contribution is 0.0699. The third kappa shape index (κ3) is 4.99. The zero-order chi connectivity index (χ0) is 21.1. The molecule has 0 radical (unpaired) electrons. The normalized spacial score (nSPS) is 22.8. The Hall–Kier alpha value is -1.60. The number of nitrogens with one attached hydrogen (secondary N) is 1. The second-order valence-electron chi connectivity index (χ2n) is 8.40. The van der Waals surface area contributed by atoms with Crippen LogP contribution in [0.3, 0.4) is 0 Å². The van der Waals surface area contributed by atoms with Gasteiger partial charge in [-0.3, -0.25) is 0 Å². The van der Waals surface area contributed by atoms with Crippen LogP contribution in [0, 0.1) is 5.92 Å². The maximum atomic E-state index is 6.90. The first kappa shape index (κ1) is 21.6. The number of hydrogen-bond acceptors (Lipinski definition) is 6. The van der Waals surface area contributed by atoms with E-state index in [1.165, 1.54) is 0 Å². The second kappa shape index (κ2) is 9.69. The van der Waals surface area contributed by atoms with E-state index >= 15 is 0 Å². The maximum absolute atomic E-state index is 6.90. The molecule has 5 N–H and O–H groups in total. The zero-order valence-electron chi connectivity index (χ0n) is 17.0. The molecule has 1 saturated carbocycles. The fourth-order valence-electron chi connectivity index (χ4n) is 4.38. The molecule has 2 aromatic heterocycles. The van der Waals surface area contributed by atoms with Gasteiger partial charge in [0.25, 0.3) is 0 Å². The zero-order valence-corrected chi connectivity index (χ0v) is 18.6. The molecule has 30 heavy (non-hydrogen) atoms. The minimum Gasteiger partial charge on any atom is -0.384 e. The Morgan fingerprint density at radius 1 is 1.07 bits per heavy atom. The van der Waals surface area contributed by atoms with Crippen molar-refractivity contribution >= 4 is 34.8 Å². The summed E-state index contributed by atoms with van der Waals surface area (Å²) in [7, 11) is 0. The van der Waals surface area contributed by atoms with Crippen molar-refractivity contribution in [3.05, 3.63) is 33.9 Å². The first-order valence-corrected chi connectivity index (χ1v) is 11.5. The fraction of sp³-hybridized carbons (Fsp3) is 0.545. The smallest absolute Gasteiger partial charge is 0.127 e. The summed E-state index contributed by atoms with van der Waals surface area (Å²) in [5.41, 5.74) is 14.5. The van der Waals surface area contributed by atoms with E-state index in [2.05, 4.69) is 16.4 Å². The average molecular weight is 450 g/mol. The molecule has 8 heteroatoms. The molecule has 3 heterocycles. The lowest BCUT2D eigenvalue weighted by atomic mass is 9.82. The van der Waals surface area contributed by atoms with Crippen LogP contribution in [0.1, 0.15) is 50.0 Å². The van der Waals surface area contributed by atoms with Gasteiger partial charge in [-0.05, 0) is 68.1 Å². The van der Waals surface area contributed by atoms with Gasteiger partial charge in [-0.15, -0.1) is 0 Å². The Kier molecular flexibility index (Phi) is 6.98. The largest absolute Gasteiger partial charge is 0.384 e. The highest BCUT2D eigenvalue weighted by atomic mass is 35.5. The molecule has 1 saturated heterocycles. The minimum atomic E-state index is 0.280. The molecular weight excluding hydrogens is 421 g/mol. The van der Waals surface area contributed by atoms with Crippen LogP contribution in [0.15, 0.2) is 18.3 Å². The number of nitrogens with zero attached hydrogens (tertiary/aromatic N) is 2. The summed E-state index contributed by atoms with van der Waals surface area (Å²) < 4.78 is 5.47. The van der Waals surface area contributed by atoms with Gasteiger partial charge in [-0.25, -0.2) is 9.97 Å². The van der Waals surface area contributed by atoms with Gasteiger partial charge >= 0.3 is 0 Å². The molecule has 162 valence electrons. The Labute approximate surface area is 187 Å².